The van der Waals surface area contributed by atoms with Crippen molar-refractivity contribution in [3.63, 3.8) is 0 Å². The van der Waals surface area contributed by atoms with E-state index in [-0.39, 0.29) is 17.5 Å². The number of nitrogens with zero attached hydrogens (tertiary/aromatic N) is 1. The van der Waals surface area contributed by atoms with E-state index in [4.69, 9.17) is 0 Å². The van der Waals surface area contributed by atoms with Crippen LogP contribution >= 0.6 is 0 Å². The number of hydrogen-bond donors (Lipinski definition) is 0. The molecular weight excluding hydrogens is 210 g/mol. The molecule has 1 atom stereocenters. The van der Waals surface area contributed by atoms with Gasteiger partial charge in [-0.1, -0.05) is 27.7 Å². The van der Waals surface area contributed by atoms with Crippen molar-refractivity contribution >= 4 is 5.91 Å². The highest BCUT2D eigenvalue weighted by Crippen LogP contribution is 2.33. The molecule has 0 aromatic carbocycles. The van der Waals surface area contributed by atoms with Crippen LogP contribution in [0, 0.1) is 11.3 Å². The molecule has 0 radical (unpaired) electrons. The minimum atomic E-state index is -0.206. The van der Waals surface area contributed by atoms with E-state index >= 15 is 0 Å². The Bertz CT molecular complexity index is 237. The quantitative estimate of drug-likeness (QED) is 0.686. The molecule has 2 heteroatoms. The van der Waals surface area contributed by atoms with Crippen LogP contribution in [0.3, 0.4) is 0 Å². The molecule has 2 nitrogen and oxygen atoms in total. The fraction of sp³-hybridized carbons (Fsp3) is 0.933. The zero-order valence-electron chi connectivity index (χ0n) is 13.0. The van der Waals surface area contributed by atoms with Gasteiger partial charge in [0.1, 0.15) is 0 Å². The lowest BCUT2D eigenvalue weighted by molar-refractivity contribution is -0.146. The summed E-state index contributed by atoms with van der Waals surface area (Å²) in [6.45, 7) is 17.0. The zero-order valence-corrected chi connectivity index (χ0v) is 13.0. The molecule has 0 fully saturated rings. The van der Waals surface area contributed by atoms with Crippen LogP contribution in [0.15, 0.2) is 0 Å². The molecule has 0 spiro atoms. The second kappa shape index (κ2) is 6.42. The molecule has 1 unspecified atom stereocenters. The largest absolute Gasteiger partial charge is 0.337 e. The van der Waals surface area contributed by atoms with Gasteiger partial charge in [-0.15, -0.1) is 0 Å². The van der Waals surface area contributed by atoms with Crippen LogP contribution in [0.1, 0.15) is 68.2 Å². The van der Waals surface area contributed by atoms with E-state index in [0.29, 0.717) is 11.8 Å². The first kappa shape index (κ1) is 16.5. The zero-order chi connectivity index (χ0) is 13.8. The Morgan fingerprint density at radius 1 is 1.06 bits per heavy atom. The van der Waals surface area contributed by atoms with Gasteiger partial charge in [-0.3, -0.25) is 4.79 Å². The maximum absolute atomic E-state index is 12.7. The molecule has 0 aliphatic rings. The second-order valence-corrected chi connectivity index (χ2v) is 6.41. The van der Waals surface area contributed by atoms with Crippen molar-refractivity contribution < 1.29 is 4.79 Å². The highest BCUT2D eigenvalue weighted by atomic mass is 16.2. The third-order valence-corrected chi connectivity index (χ3v) is 3.50. The Hall–Kier alpha value is -0.530. The first-order valence-electron chi connectivity index (χ1n) is 6.98. The number of amides is 1. The van der Waals surface area contributed by atoms with Gasteiger partial charge in [-0.25, -0.2) is 0 Å². The first-order valence-corrected chi connectivity index (χ1v) is 6.98. The number of hydrogen-bond acceptors (Lipinski definition) is 1. The average Bonchev–Trinajstić information content (AvgIpc) is 2.15. The van der Waals surface area contributed by atoms with Crippen LogP contribution in [0.4, 0.5) is 0 Å². The normalized spacial score (nSPS) is 15.5. The minimum absolute atomic E-state index is 0.206. The summed E-state index contributed by atoms with van der Waals surface area (Å²) in [6, 6.07) is 0.557. The molecule has 1 amide bonds. The summed E-state index contributed by atoms with van der Waals surface area (Å²) >= 11 is 0. The topological polar surface area (TPSA) is 20.3 Å². The van der Waals surface area contributed by atoms with Crippen LogP contribution in [0.2, 0.25) is 0 Å². The molecule has 102 valence electrons. The van der Waals surface area contributed by atoms with Gasteiger partial charge in [-0.05, 0) is 46.5 Å². The van der Waals surface area contributed by atoms with Gasteiger partial charge in [0, 0.05) is 17.5 Å². The maximum atomic E-state index is 12.7. The predicted molar refractivity (Wildman–Crippen MR) is 75.0 cm³/mol. The Morgan fingerprint density at radius 2 is 1.47 bits per heavy atom. The maximum Gasteiger partial charge on any atom is 0.228 e. The van der Waals surface area contributed by atoms with Gasteiger partial charge >= 0.3 is 0 Å². The van der Waals surface area contributed by atoms with Crippen LogP contribution in [-0.2, 0) is 4.79 Å². The fourth-order valence-electron chi connectivity index (χ4n) is 2.66. The molecule has 0 aliphatic heterocycles. The van der Waals surface area contributed by atoms with Gasteiger partial charge in [0.2, 0.25) is 5.91 Å². The molecule has 0 aliphatic carbocycles. The van der Waals surface area contributed by atoms with E-state index in [0.717, 1.165) is 12.8 Å². The molecule has 0 N–H and O–H groups in total. The van der Waals surface area contributed by atoms with Gasteiger partial charge in [0.15, 0.2) is 0 Å². The summed E-state index contributed by atoms with van der Waals surface area (Å²) in [5.41, 5.74) is -0.206. The van der Waals surface area contributed by atoms with Crippen molar-refractivity contribution in [2.75, 3.05) is 0 Å². The minimum Gasteiger partial charge on any atom is -0.337 e. The molecule has 0 rings (SSSR count). The van der Waals surface area contributed by atoms with Gasteiger partial charge in [-0.2, -0.15) is 0 Å². The Labute approximate surface area is 108 Å². The lowest BCUT2D eigenvalue weighted by Gasteiger charge is -2.39. The SMILES string of the molecule is CCC(C)(CC(C)C)C(=O)N(C(C)C)C(C)C. The Morgan fingerprint density at radius 3 is 1.71 bits per heavy atom. The van der Waals surface area contributed by atoms with Crippen molar-refractivity contribution in [2.45, 2.75) is 80.3 Å². The predicted octanol–water partition coefficient (Wildman–Crippen LogP) is 4.09. The third-order valence-electron chi connectivity index (χ3n) is 3.50. The second-order valence-electron chi connectivity index (χ2n) is 6.41. The van der Waals surface area contributed by atoms with Crippen molar-refractivity contribution in [1.29, 1.82) is 0 Å². The van der Waals surface area contributed by atoms with E-state index < -0.39 is 0 Å². The summed E-state index contributed by atoms with van der Waals surface area (Å²) in [4.78, 5) is 14.8. The number of rotatable bonds is 6. The van der Waals surface area contributed by atoms with E-state index in [1.165, 1.54) is 0 Å². The Balaban J connectivity index is 5.06. The van der Waals surface area contributed by atoms with Crippen molar-refractivity contribution in [1.82, 2.24) is 4.90 Å². The highest BCUT2D eigenvalue weighted by molar-refractivity contribution is 5.82. The van der Waals surface area contributed by atoms with Gasteiger partial charge in [0.25, 0.3) is 0 Å². The molecule has 0 saturated heterocycles. The van der Waals surface area contributed by atoms with E-state index in [1.54, 1.807) is 0 Å². The molecule has 0 aromatic rings. The van der Waals surface area contributed by atoms with Crippen molar-refractivity contribution in [3.8, 4) is 0 Å². The summed E-state index contributed by atoms with van der Waals surface area (Å²) in [6.07, 6.45) is 1.89. The van der Waals surface area contributed by atoms with Crippen LogP contribution in [0.5, 0.6) is 0 Å². The molecule has 0 aromatic heterocycles. The van der Waals surface area contributed by atoms with Crippen LogP contribution in [-0.4, -0.2) is 22.9 Å². The highest BCUT2D eigenvalue weighted by Gasteiger charge is 2.37. The van der Waals surface area contributed by atoms with Crippen LogP contribution in [0.25, 0.3) is 0 Å². The summed E-state index contributed by atoms with van der Waals surface area (Å²) in [5, 5.41) is 0. The lowest BCUT2D eigenvalue weighted by Crippen LogP contribution is -2.49. The summed E-state index contributed by atoms with van der Waals surface area (Å²) in [5.74, 6) is 0.878. The summed E-state index contributed by atoms with van der Waals surface area (Å²) < 4.78 is 0. The summed E-state index contributed by atoms with van der Waals surface area (Å²) in [7, 11) is 0. The molecular formula is C15H31NO. The van der Waals surface area contributed by atoms with Crippen molar-refractivity contribution in [2.24, 2.45) is 11.3 Å². The first-order chi connectivity index (χ1) is 7.65. The standard InChI is InChI=1S/C15H31NO/c1-9-15(8,10-11(2)3)14(17)16(12(4)5)13(6)7/h11-13H,9-10H2,1-8H3. The van der Waals surface area contributed by atoms with Gasteiger partial charge in [0.05, 0.1) is 0 Å². The van der Waals surface area contributed by atoms with E-state index in [2.05, 4.69) is 55.4 Å². The van der Waals surface area contributed by atoms with E-state index in [9.17, 15) is 4.79 Å². The third kappa shape index (κ3) is 4.33. The number of carbonyl (C=O) groups excluding carboxylic acids is 1. The van der Waals surface area contributed by atoms with Crippen molar-refractivity contribution in [3.05, 3.63) is 0 Å². The average molecular weight is 241 g/mol. The van der Waals surface area contributed by atoms with Crippen LogP contribution < -0.4 is 0 Å². The molecule has 0 saturated carbocycles. The molecule has 17 heavy (non-hydrogen) atoms. The molecule has 0 heterocycles. The molecule has 0 bridgehead atoms. The fourth-order valence-corrected chi connectivity index (χ4v) is 2.66. The monoisotopic (exact) mass is 241 g/mol. The van der Waals surface area contributed by atoms with E-state index in [1.807, 2.05) is 4.90 Å². The Kier molecular flexibility index (Phi) is 6.22. The number of carbonyl (C=O) groups is 1. The van der Waals surface area contributed by atoms with Gasteiger partial charge < -0.3 is 4.90 Å². The lowest BCUT2D eigenvalue weighted by atomic mass is 9.78. The smallest absolute Gasteiger partial charge is 0.228 e.